The zero-order valence-electron chi connectivity index (χ0n) is 10.6. The van der Waals surface area contributed by atoms with E-state index in [1.807, 2.05) is 12.1 Å². The number of rotatable bonds is 4. The molecule has 1 aliphatic heterocycles. The van der Waals surface area contributed by atoms with E-state index in [4.69, 9.17) is 16.3 Å². The van der Waals surface area contributed by atoms with Gasteiger partial charge in [-0.15, -0.1) is 0 Å². The van der Waals surface area contributed by atoms with Gasteiger partial charge in [-0.2, -0.15) is 0 Å². The van der Waals surface area contributed by atoms with Gasteiger partial charge in [-0.25, -0.2) is 0 Å². The quantitative estimate of drug-likeness (QED) is 0.786. The van der Waals surface area contributed by atoms with Gasteiger partial charge in [0.15, 0.2) is 5.78 Å². The lowest BCUT2D eigenvalue weighted by Crippen LogP contribution is -2.41. The van der Waals surface area contributed by atoms with Crippen molar-refractivity contribution in [2.24, 2.45) is 0 Å². The maximum absolute atomic E-state index is 12.1. The molecule has 0 radical (unpaired) electrons. The zero-order valence-corrected chi connectivity index (χ0v) is 11.3. The number of hydrogen-bond acceptors (Lipinski definition) is 3. The van der Waals surface area contributed by atoms with Gasteiger partial charge in [-0.1, -0.05) is 23.7 Å². The monoisotopic (exact) mass is 267 g/mol. The summed E-state index contributed by atoms with van der Waals surface area (Å²) in [5.41, 5.74) is 0.682. The molecule has 2 rings (SSSR count). The summed E-state index contributed by atoms with van der Waals surface area (Å²) < 4.78 is 5.35. The van der Waals surface area contributed by atoms with Gasteiger partial charge in [-0.3, -0.25) is 9.69 Å². The van der Waals surface area contributed by atoms with Crippen molar-refractivity contribution in [2.45, 2.75) is 18.9 Å². The second-order valence-electron chi connectivity index (χ2n) is 4.67. The average Bonchev–Trinajstić information content (AvgIpc) is 2.39. The molecule has 3 nitrogen and oxygen atoms in total. The highest BCUT2D eigenvalue weighted by molar-refractivity contribution is 6.31. The minimum atomic E-state index is 0.120. The van der Waals surface area contributed by atoms with Crippen molar-refractivity contribution in [3.63, 3.8) is 0 Å². The molecule has 98 valence electrons. The highest BCUT2D eigenvalue weighted by atomic mass is 35.5. The van der Waals surface area contributed by atoms with Crippen LogP contribution >= 0.6 is 11.6 Å². The van der Waals surface area contributed by atoms with Crippen LogP contribution in [0.5, 0.6) is 0 Å². The molecule has 1 atom stereocenters. The molecule has 18 heavy (non-hydrogen) atoms. The Morgan fingerprint density at radius 1 is 1.56 bits per heavy atom. The second-order valence-corrected chi connectivity index (χ2v) is 5.11. The first-order valence-corrected chi connectivity index (χ1v) is 6.61. The van der Waals surface area contributed by atoms with Gasteiger partial charge in [0, 0.05) is 24.2 Å². The lowest BCUT2D eigenvalue weighted by Gasteiger charge is -2.31. The molecule has 1 aromatic rings. The van der Waals surface area contributed by atoms with Gasteiger partial charge in [0.25, 0.3) is 0 Å². The Morgan fingerprint density at radius 3 is 3.11 bits per heavy atom. The van der Waals surface area contributed by atoms with E-state index in [0.29, 0.717) is 17.1 Å². The van der Waals surface area contributed by atoms with Crippen molar-refractivity contribution in [3.05, 3.63) is 34.9 Å². The molecule has 1 aromatic carbocycles. The second kappa shape index (κ2) is 6.32. The predicted octanol–water partition coefficient (Wildman–Crippen LogP) is 2.63. The van der Waals surface area contributed by atoms with E-state index < -0.39 is 0 Å². The van der Waals surface area contributed by atoms with Gasteiger partial charge < -0.3 is 4.74 Å². The summed E-state index contributed by atoms with van der Waals surface area (Å²) in [6, 6.07) is 7.12. The smallest absolute Gasteiger partial charge is 0.176 e. The van der Waals surface area contributed by atoms with Crippen molar-refractivity contribution in [1.29, 1.82) is 0 Å². The summed E-state index contributed by atoms with van der Waals surface area (Å²) in [5, 5.41) is 0.606. The number of likely N-dealkylation sites (tertiary alicyclic amines) is 1. The summed E-state index contributed by atoms with van der Waals surface area (Å²) in [7, 11) is 1.73. The molecule has 1 fully saturated rings. The number of benzene rings is 1. The molecule has 1 aliphatic rings. The van der Waals surface area contributed by atoms with E-state index in [-0.39, 0.29) is 11.9 Å². The van der Waals surface area contributed by atoms with Crippen molar-refractivity contribution in [2.75, 3.05) is 26.7 Å². The van der Waals surface area contributed by atoms with Gasteiger partial charge in [-0.05, 0) is 31.5 Å². The fourth-order valence-electron chi connectivity index (χ4n) is 2.31. The first-order chi connectivity index (χ1) is 8.69. The van der Waals surface area contributed by atoms with E-state index in [1.165, 1.54) is 0 Å². The summed E-state index contributed by atoms with van der Waals surface area (Å²) in [6.07, 6.45) is 2.42. The first kappa shape index (κ1) is 13.5. The van der Waals surface area contributed by atoms with Gasteiger partial charge in [0.05, 0.1) is 12.6 Å². The highest BCUT2D eigenvalue weighted by Gasteiger charge is 2.21. The molecule has 1 unspecified atom stereocenters. The molecule has 0 N–H and O–H groups in total. The molecule has 0 saturated carbocycles. The van der Waals surface area contributed by atoms with E-state index in [1.54, 1.807) is 19.2 Å². The maximum atomic E-state index is 12.1. The number of Topliss-reactive ketones (excluding diaryl/α,β-unsaturated/α-hetero) is 1. The van der Waals surface area contributed by atoms with Gasteiger partial charge in [0.1, 0.15) is 0 Å². The number of halogens is 1. The topological polar surface area (TPSA) is 29.5 Å². The highest BCUT2D eigenvalue weighted by Crippen LogP contribution is 2.15. The standard InChI is InChI=1S/C14H18ClNO2/c1-18-13-6-3-7-16(9-13)10-14(17)11-4-2-5-12(15)8-11/h2,4-5,8,13H,3,6-7,9-10H2,1H3. The van der Waals surface area contributed by atoms with Crippen LogP contribution in [0.3, 0.4) is 0 Å². The van der Waals surface area contributed by atoms with Gasteiger partial charge >= 0.3 is 0 Å². The molecule has 0 aliphatic carbocycles. The van der Waals surface area contributed by atoms with Crippen LogP contribution < -0.4 is 0 Å². The Bertz CT molecular complexity index is 422. The molecule has 0 bridgehead atoms. The van der Waals surface area contributed by atoms with Crippen molar-refractivity contribution >= 4 is 17.4 Å². The summed E-state index contributed by atoms with van der Waals surface area (Å²) >= 11 is 5.89. The molecule has 1 heterocycles. The Balaban J connectivity index is 1.95. The Labute approximate surface area is 113 Å². The molecule has 4 heteroatoms. The van der Waals surface area contributed by atoms with Crippen LogP contribution in [0.1, 0.15) is 23.2 Å². The van der Waals surface area contributed by atoms with Crippen LogP contribution in [-0.2, 0) is 4.74 Å². The zero-order chi connectivity index (χ0) is 13.0. The fraction of sp³-hybridized carbons (Fsp3) is 0.500. The molecule has 0 aromatic heterocycles. The number of carbonyl (C=O) groups excluding carboxylic acids is 1. The minimum Gasteiger partial charge on any atom is -0.380 e. The number of carbonyl (C=O) groups is 1. The summed E-state index contributed by atoms with van der Waals surface area (Å²) in [6.45, 7) is 2.25. The lowest BCUT2D eigenvalue weighted by molar-refractivity contribution is 0.0314. The van der Waals surface area contributed by atoms with Crippen molar-refractivity contribution in [3.8, 4) is 0 Å². The van der Waals surface area contributed by atoms with Gasteiger partial charge in [0.2, 0.25) is 0 Å². The third-order valence-electron chi connectivity index (χ3n) is 3.31. The van der Waals surface area contributed by atoms with E-state index in [2.05, 4.69) is 4.90 Å². The summed E-state index contributed by atoms with van der Waals surface area (Å²) in [5.74, 6) is 0.120. The summed E-state index contributed by atoms with van der Waals surface area (Å²) in [4.78, 5) is 14.3. The number of nitrogens with zero attached hydrogens (tertiary/aromatic N) is 1. The number of ether oxygens (including phenoxy) is 1. The molecule has 0 spiro atoms. The van der Waals surface area contributed by atoms with Crippen LogP contribution in [0.2, 0.25) is 5.02 Å². The van der Waals surface area contributed by atoms with Crippen molar-refractivity contribution in [1.82, 2.24) is 4.90 Å². The largest absolute Gasteiger partial charge is 0.380 e. The van der Waals surface area contributed by atoms with Crippen LogP contribution in [0.15, 0.2) is 24.3 Å². The van der Waals surface area contributed by atoms with Crippen LogP contribution in [0.4, 0.5) is 0 Å². The number of piperidine rings is 1. The average molecular weight is 268 g/mol. The van der Waals surface area contributed by atoms with E-state index >= 15 is 0 Å². The predicted molar refractivity (Wildman–Crippen MR) is 72.3 cm³/mol. The molecule has 1 saturated heterocycles. The molecular weight excluding hydrogens is 250 g/mol. The van der Waals surface area contributed by atoms with Crippen LogP contribution in [0.25, 0.3) is 0 Å². The van der Waals surface area contributed by atoms with E-state index in [9.17, 15) is 4.79 Å². The van der Waals surface area contributed by atoms with Crippen LogP contribution in [0, 0.1) is 0 Å². The Hall–Kier alpha value is -0.900. The molecular formula is C14H18ClNO2. The van der Waals surface area contributed by atoms with Crippen molar-refractivity contribution < 1.29 is 9.53 Å². The Morgan fingerprint density at radius 2 is 2.39 bits per heavy atom. The lowest BCUT2D eigenvalue weighted by atomic mass is 10.1. The van der Waals surface area contributed by atoms with E-state index in [0.717, 1.165) is 25.9 Å². The third-order valence-corrected chi connectivity index (χ3v) is 3.54. The molecule has 0 amide bonds. The first-order valence-electron chi connectivity index (χ1n) is 6.23. The number of ketones is 1. The number of methoxy groups -OCH3 is 1. The SMILES string of the molecule is COC1CCCN(CC(=O)c2cccc(Cl)c2)C1. The van der Waals surface area contributed by atoms with Crippen LogP contribution in [-0.4, -0.2) is 43.5 Å². The Kier molecular flexibility index (Phi) is 4.75. The maximum Gasteiger partial charge on any atom is 0.176 e. The third kappa shape index (κ3) is 3.55. The number of hydrogen-bond donors (Lipinski definition) is 0. The fourth-order valence-corrected chi connectivity index (χ4v) is 2.50. The normalized spacial score (nSPS) is 20.9. The minimum absolute atomic E-state index is 0.120.